The summed E-state index contributed by atoms with van der Waals surface area (Å²) in [5.41, 5.74) is 2.30. The van der Waals surface area contributed by atoms with Crippen LogP contribution >= 0.6 is 11.8 Å². The molecule has 31 heavy (non-hydrogen) atoms. The van der Waals surface area contributed by atoms with Crippen LogP contribution < -0.4 is 5.32 Å². The molecule has 0 saturated carbocycles. The Bertz CT molecular complexity index is 1090. The van der Waals surface area contributed by atoms with E-state index in [9.17, 15) is 14.9 Å². The number of nitrogens with zero attached hydrogens (tertiary/aromatic N) is 4. The van der Waals surface area contributed by atoms with Crippen molar-refractivity contribution in [3.63, 3.8) is 0 Å². The Kier molecular flexibility index (Phi) is 6.74. The number of carbonyl (C=O) groups excluding carboxylic acids is 1. The zero-order valence-electron chi connectivity index (χ0n) is 18.0. The Labute approximate surface area is 185 Å². The lowest BCUT2D eigenvalue weighted by atomic mass is 9.87. The Morgan fingerprint density at radius 1 is 1.13 bits per heavy atom. The average Bonchev–Trinajstić information content (AvgIpc) is 3.15. The number of aromatic nitrogens is 3. The van der Waals surface area contributed by atoms with Crippen molar-refractivity contribution in [2.75, 3.05) is 11.1 Å². The van der Waals surface area contributed by atoms with E-state index in [-0.39, 0.29) is 28.4 Å². The Morgan fingerprint density at radius 3 is 2.42 bits per heavy atom. The first-order chi connectivity index (χ1) is 14.7. The number of benzene rings is 2. The average molecular weight is 440 g/mol. The highest BCUT2D eigenvalue weighted by molar-refractivity contribution is 7.99. The maximum Gasteiger partial charge on any atom is 0.292 e. The van der Waals surface area contributed by atoms with Crippen LogP contribution in [0.3, 0.4) is 0 Å². The summed E-state index contributed by atoms with van der Waals surface area (Å²) in [7, 11) is 0. The molecule has 1 N–H and O–H groups in total. The molecule has 0 saturated heterocycles. The number of hydrogen-bond acceptors (Lipinski definition) is 6. The van der Waals surface area contributed by atoms with Gasteiger partial charge in [-0.1, -0.05) is 68.9 Å². The van der Waals surface area contributed by atoms with Crippen molar-refractivity contribution in [1.82, 2.24) is 14.8 Å². The molecule has 8 nitrogen and oxygen atoms in total. The van der Waals surface area contributed by atoms with Gasteiger partial charge in [0.15, 0.2) is 11.0 Å². The number of carbonyl (C=O) groups is 1. The molecule has 1 aromatic heterocycles. The SMILES string of the molecule is CCn1c(SCC(=O)Nc2ccccc2[N+](=O)[O-])nnc1-c1ccc(C(C)(C)C)cc1. The van der Waals surface area contributed by atoms with Gasteiger partial charge in [-0.15, -0.1) is 10.2 Å². The number of rotatable bonds is 7. The van der Waals surface area contributed by atoms with Crippen LogP contribution in [-0.4, -0.2) is 31.3 Å². The maximum atomic E-state index is 12.4. The summed E-state index contributed by atoms with van der Waals surface area (Å²) in [6, 6.07) is 14.3. The van der Waals surface area contributed by atoms with E-state index in [0.717, 1.165) is 11.4 Å². The van der Waals surface area contributed by atoms with E-state index in [1.54, 1.807) is 12.1 Å². The summed E-state index contributed by atoms with van der Waals surface area (Å²) in [6.07, 6.45) is 0. The number of hydrogen-bond donors (Lipinski definition) is 1. The van der Waals surface area contributed by atoms with Crippen LogP contribution in [0.4, 0.5) is 11.4 Å². The molecule has 0 atom stereocenters. The van der Waals surface area contributed by atoms with Gasteiger partial charge < -0.3 is 9.88 Å². The zero-order valence-corrected chi connectivity index (χ0v) is 18.8. The summed E-state index contributed by atoms with van der Waals surface area (Å²) in [5.74, 6) is 0.457. The standard InChI is InChI=1S/C22H25N5O3S/c1-5-26-20(15-10-12-16(13-11-15)22(2,3)4)24-25-21(26)31-14-19(28)23-17-8-6-7-9-18(17)27(29)30/h6-13H,5,14H2,1-4H3,(H,23,28). The van der Waals surface area contributed by atoms with Crippen LogP contribution in [0.1, 0.15) is 33.3 Å². The lowest BCUT2D eigenvalue weighted by Gasteiger charge is -2.19. The second kappa shape index (κ2) is 9.30. The first-order valence-electron chi connectivity index (χ1n) is 9.91. The van der Waals surface area contributed by atoms with Crippen LogP contribution in [0.15, 0.2) is 53.7 Å². The van der Waals surface area contributed by atoms with Crippen molar-refractivity contribution in [2.45, 2.75) is 44.8 Å². The van der Waals surface area contributed by atoms with Gasteiger partial charge >= 0.3 is 0 Å². The van der Waals surface area contributed by atoms with Gasteiger partial charge in [0, 0.05) is 18.2 Å². The summed E-state index contributed by atoms with van der Waals surface area (Å²) >= 11 is 1.24. The molecule has 0 aliphatic heterocycles. The fourth-order valence-corrected chi connectivity index (χ4v) is 3.87. The number of thioether (sulfide) groups is 1. The topological polar surface area (TPSA) is 103 Å². The molecule has 0 unspecified atom stereocenters. The minimum Gasteiger partial charge on any atom is -0.320 e. The molecule has 0 aliphatic carbocycles. The third-order valence-electron chi connectivity index (χ3n) is 4.75. The highest BCUT2D eigenvalue weighted by atomic mass is 32.2. The lowest BCUT2D eigenvalue weighted by molar-refractivity contribution is -0.383. The van der Waals surface area contributed by atoms with Gasteiger partial charge in [-0.3, -0.25) is 14.9 Å². The fraction of sp³-hybridized carbons (Fsp3) is 0.318. The Balaban J connectivity index is 1.72. The molecular formula is C22H25N5O3S. The summed E-state index contributed by atoms with van der Waals surface area (Å²) in [4.78, 5) is 22.9. The molecule has 3 aromatic rings. The predicted molar refractivity (Wildman–Crippen MR) is 122 cm³/mol. The zero-order chi connectivity index (χ0) is 22.6. The molecule has 3 rings (SSSR count). The van der Waals surface area contributed by atoms with E-state index in [1.165, 1.54) is 29.5 Å². The van der Waals surface area contributed by atoms with Gasteiger partial charge in [-0.25, -0.2) is 0 Å². The van der Waals surface area contributed by atoms with Gasteiger partial charge in [0.2, 0.25) is 5.91 Å². The van der Waals surface area contributed by atoms with Crippen LogP contribution in [0.2, 0.25) is 0 Å². The smallest absolute Gasteiger partial charge is 0.292 e. The van der Waals surface area contributed by atoms with Crippen molar-refractivity contribution in [3.05, 3.63) is 64.2 Å². The van der Waals surface area contributed by atoms with Gasteiger partial charge in [-0.05, 0) is 24.0 Å². The number of para-hydroxylation sites is 2. The maximum absolute atomic E-state index is 12.4. The Hall–Kier alpha value is -3.20. The summed E-state index contributed by atoms with van der Waals surface area (Å²) in [6.45, 7) is 9.15. The monoisotopic (exact) mass is 439 g/mol. The molecule has 0 radical (unpaired) electrons. The highest BCUT2D eigenvalue weighted by Gasteiger charge is 2.18. The summed E-state index contributed by atoms with van der Waals surface area (Å²) < 4.78 is 1.95. The van der Waals surface area contributed by atoms with Gasteiger partial charge in [0.05, 0.1) is 10.7 Å². The molecule has 0 spiro atoms. The molecule has 1 heterocycles. The number of nitrogens with one attached hydrogen (secondary N) is 1. The van der Waals surface area contributed by atoms with E-state index < -0.39 is 4.92 Å². The molecule has 1 amide bonds. The van der Waals surface area contributed by atoms with Crippen molar-refractivity contribution in [2.24, 2.45) is 0 Å². The van der Waals surface area contributed by atoms with Crippen LogP contribution in [0.5, 0.6) is 0 Å². The molecule has 0 aliphatic rings. The van der Waals surface area contributed by atoms with E-state index in [4.69, 9.17) is 0 Å². The second-order valence-corrected chi connectivity index (χ2v) is 8.93. The first-order valence-corrected chi connectivity index (χ1v) is 10.9. The van der Waals surface area contributed by atoms with Crippen molar-refractivity contribution in [3.8, 4) is 11.4 Å². The Morgan fingerprint density at radius 2 is 1.81 bits per heavy atom. The van der Waals surface area contributed by atoms with Crippen LogP contribution in [0.25, 0.3) is 11.4 Å². The van der Waals surface area contributed by atoms with Crippen molar-refractivity contribution < 1.29 is 9.72 Å². The van der Waals surface area contributed by atoms with Crippen molar-refractivity contribution in [1.29, 1.82) is 0 Å². The minimum atomic E-state index is -0.520. The van der Waals surface area contributed by atoms with E-state index in [1.807, 2.05) is 23.6 Å². The number of anilines is 1. The predicted octanol–water partition coefficient (Wildman–Crippen LogP) is 4.90. The van der Waals surface area contributed by atoms with Crippen molar-refractivity contribution >= 4 is 29.0 Å². The first kappa shape index (κ1) is 22.5. The van der Waals surface area contributed by atoms with Gasteiger partial charge in [-0.2, -0.15) is 0 Å². The molecule has 9 heteroatoms. The summed E-state index contributed by atoms with van der Waals surface area (Å²) in [5, 5.41) is 22.9. The van der Waals surface area contributed by atoms with E-state index in [2.05, 4.69) is 48.4 Å². The van der Waals surface area contributed by atoms with E-state index >= 15 is 0 Å². The molecule has 2 aromatic carbocycles. The fourth-order valence-electron chi connectivity index (χ4n) is 3.07. The molecular weight excluding hydrogens is 414 g/mol. The quantitative estimate of drug-likeness (QED) is 0.319. The second-order valence-electron chi connectivity index (χ2n) is 7.99. The number of amides is 1. The highest BCUT2D eigenvalue weighted by Crippen LogP contribution is 2.28. The van der Waals surface area contributed by atoms with Gasteiger partial charge in [0.1, 0.15) is 5.69 Å². The third-order valence-corrected chi connectivity index (χ3v) is 5.72. The van der Waals surface area contributed by atoms with Gasteiger partial charge in [0.25, 0.3) is 5.69 Å². The van der Waals surface area contributed by atoms with Crippen LogP contribution in [0, 0.1) is 10.1 Å². The normalized spacial score (nSPS) is 11.4. The lowest BCUT2D eigenvalue weighted by Crippen LogP contribution is -2.15. The molecule has 0 bridgehead atoms. The largest absolute Gasteiger partial charge is 0.320 e. The number of nitro groups is 1. The molecule has 162 valence electrons. The van der Waals surface area contributed by atoms with Crippen LogP contribution in [-0.2, 0) is 16.8 Å². The third kappa shape index (κ3) is 5.29. The molecule has 0 fully saturated rings. The minimum absolute atomic E-state index is 0.0626. The van der Waals surface area contributed by atoms with E-state index in [0.29, 0.717) is 11.7 Å². The number of nitro benzene ring substituents is 1.